The summed E-state index contributed by atoms with van der Waals surface area (Å²) in [5.74, 6) is 0. The molecule has 0 radical (unpaired) electrons. The van der Waals surface area contributed by atoms with Gasteiger partial charge in [0.1, 0.15) is 0 Å². The fourth-order valence-electron chi connectivity index (χ4n) is 16.6. The van der Waals surface area contributed by atoms with Crippen LogP contribution in [0.15, 0.2) is 357 Å². The number of aromatic nitrogens is 7. The fraction of sp³-hybridized carbons (Fsp3) is 0.0286. The highest BCUT2D eigenvalue weighted by molar-refractivity contribution is 6.33. The van der Waals surface area contributed by atoms with Gasteiger partial charge in [0.25, 0.3) is 0 Å². The fourth-order valence-corrected chi connectivity index (χ4v) is 16.6. The first-order chi connectivity index (χ1) is 74.1. The van der Waals surface area contributed by atoms with Crippen molar-refractivity contribution < 1.29 is 63.1 Å². The first-order valence-electron chi connectivity index (χ1n) is 57.7. The summed E-state index contributed by atoms with van der Waals surface area (Å²) < 4.78 is 437. The van der Waals surface area contributed by atoms with Crippen LogP contribution in [-0.4, -0.2) is 31.6 Å². The van der Waals surface area contributed by atoms with Gasteiger partial charge in [-0.1, -0.05) is 224 Å². The molecule has 0 aliphatic heterocycles. The normalized spacial score (nSPS) is 18.1. The zero-order chi connectivity index (χ0) is 113. The molecule has 0 fully saturated rings. The predicted molar refractivity (Wildman–Crippen MR) is 476 cm³/mol. The van der Waals surface area contributed by atoms with Crippen LogP contribution >= 0.6 is 0 Å². The molecule has 0 aliphatic carbocycles. The highest BCUT2D eigenvalue weighted by atomic mass is 15.0. The van der Waals surface area contributed by atoms with Gasteiger partial charge in [-0.05, 0) is 187 Å². The summed E-state index contributed by atoms with van der Waals surface area (Å²) in [6, 6.07) is -8.68. The van der Waals surface area contributed by atoms with E-state index >= 15 is 0 Å². The van der Waals surface area contributed by atoms with Gasteiger partial charge < -0.3 is 31.6 Å². The number of fused-ring (bicyclic) bond motifs is 19. The van der Waals surface area contributed by atoms with Crippen LogP contribution < -0.4 is 0 Å². The van der Waals surface area contributed by atoms with E-state index in [9.17, 15) is 38.4 Å². The molecule has 0 bridgehead atoms. The highest BCUT2D eigenvalue weighted by Gasteiger charge is 2.27. The van der Waals surface area contributed by atoms with Gasteiger partial charge in [-0.25, -0.2) is 0 Å². The first kappa shape index (κ1) is 32.7. The lowest BCUT2D eigenvalue weighted by Crippen LogP contribution is -1.99. The Balaban J connectivity index is 0.000000168. The minimum Gasteiger partial charge on any atom is -0.309 e. The number of nitrogens with zero attached hydrogens (tertiary/aromatic N) is 7. The number of para-hydroxylation sites is 6. The van der Waals surface area contributed by atoms with E-state index in [0.717, 1.165) is 29.1 Å². The van der Waals surface area contributed by atoms with Gasteiger partial charge in [-0.15, -0.1) is 0 Å². The SMILES string of the molecule is C.[2H]c1c([2H])c([2H])c2c(c1[2H])c1c([2H])c(C)c([2H])c([2H])c1n2-c1cccc(-n2c3c([2H])c([2H])c([2H])c([2H])c3c3c([2H])c(-n4c5c([2H])c([2H])c([2H])c6c7c([2H])c([2H])c([2H])c8c9c([2H])c([2H])c([2H])c([2H])c9n(c9c([2H])c([2H])c([2H])c4c9c65)c78)c([2H])c([2H])c32)c1.[2H]c1c([2H])c([2H])c2c(c1[2H])c1c([2H])c([2H])c([2H])c3c4c([2H])c([2H])c([2H])c5c4c4c(c([2H])c([2H])c([2H])c4n2c31)n5-c1c([2H])c([2H])c2c(c1[2H])c1c([2H])c(C)c([2H])c([2H])c1n2-c1cccc(-c2ccccc2)c1. The topological polar surface area (TPSA) is 33.5 Å². The van der Waals surface area contributed by atoms with Gasteiger partial charge in [-0.3, -0.25) is 0 Å². The average molecular weight is 1480 g/mol. The van der Waals surface area contributed by atoms with Gasteiger partial charge in [0, 0.05) is 115 Å². The Morgan fingerprint density at radius 3 is 0.991 bits per heavy atom. The highest BCUT2D eigenvalue weighted by Crippen LogP contribution is 2.49. The molecule has 0 unspecified atom stereocenters. The molecule has 0 saturated carbocycles. The van der Waals surface area contributed by atoms with Crippen molar-refractivity contribution in [2.75, 3.05) is 0 Å². The molecule has 26 rings (SSSR count). The number of hydrogen-bond donors (Lipinski definition) is 0. The molecule has 7 nitrogen and oxygen atoms in total. The Bertz CT molecular complexity index is 11400. The molecular weight excluding hydrogens is 1360 g/mol. The molecular formula is C105H69N7. The molecule has 26 aromatic rings. The van der Waals surface area contributed by atoms with Gasteiger partial charge >= 0.3 is 0 Å². The van der Waals surface area contributed by atoms with E-state index in [1.54, 1.807) is 18.2 Å². The van der Waals surface area contributed by atoms with Gasteiger partial charge in [0.15, 0.2) is 0 Å². The molecule has 17 aromatic carbocycles. The van der Waals surface area contributed by atoms with Gasteiger partial charge in [-0.2, -0.15) is 0 Å². The van der Waals surface area contributed by atoms with Crippen molar-refractivity contribution >= 4 is 185 Å². The zero-order valence-electron chi connectivity index (χ0n) is 103. The van der Waals surface area contributed by atoms with Crippen LogP contribution in [0, 0.1) is 13.8 Å². The second-order valence-electron chi connectivity index (χ2n) is 26.8. The summed E-state index contributed by atoms with van der Waals surface area (Å²) >= 11 is 0. The number of hydrogen-bond acceptors (Lipinski definition) is 0. The van der Waals surface area contributed by atoms with Crippen LogP contribution in [0.2, 0.25) is 0 Å². The van der Waals surface area contributed by atoms with Crippen molar-refractivity contribution in [1.82, 2.24) is 31.6 Å². The number of rotatable bonds is 6. The molecule has 0 aliphatic rings. The molecule has 0 spiro atoms. The predicted octanol–water partition coefficient (Wildman–Crippen LogP) is 28.1. The van der Waals surface area contributed by atoms with E-state index in [2.05, 4.69) is 0 Å². The van der Waals surface area contributed by atoms with Crippen LogP contribution in [0.5, 0.6) is 0 Å². The van der Waals surface area contributed by atoms with E-state index in [1.165, 1.54) is 51.8 Å². The van der Waals surface area contributed by atoms with E-state index in [4.69, 9.17) is 24.7 Å². The van der Waals surface area contributed by atoms with Crippen molar-refractivity contribution in [2.45, 2.75) is 21.3 Å². The molecule has 9 heterocycles. The molecule has 7 heteroatoms. The maximum Gasteiger partial charge on any atom is 0.0652 e. The second kappa shape index (κ2) is 23.2. The van der Waals surface area contributed by atoms with Crippen molar-refractivity contribution in [3.8, 4) is 39.6 Å². The lowest BCUT2D eigenvalue weighted by atomic mass is 10.0. The minimum atomic E-state index is -0.894. The minimum absolute atomic E-state index is 0. The summed E-state index contributed by atoms with van der Waals surface area (Å²) in [5.41, 5.74) is -4.07. The van der Waals surface area contributed by atoms with Crippen molar-refractivity contribution in [1.29, 1.82) is 0 Å². The van der Waals surface area contributed by atoms with E-state index < -0.39 is 308 Å². The third kappa shape index (κ3) is 8.43. The molecule has 0 N–H and O–H groups in total. The summed E-state index contributed by atoms with van der Waals surface area (Å²) in [4.78, 5) is 0. The Morgan fingerprint density at radius 1 is 0.205 bits per heavy atom. The lowest BCUT2D eigenvalue weighted by Gasteiger charge is -2.13. The lowest BCUT2D eigenvalue weighted by molar-refractivity contribution is 1.13. The Labute approximate surface area is 707 Å². The van der Waals surface area contributed by atoms with Crippen LogP contribution in [0.3, 0.4) is 0 Å². The first-order valence-corrected chi connectivity index (χ1v) is 34.7. The van der Waals surface area contributed by atoms with Crippen molar-refractivity contribution in [2.24, 2.45) is 0 Å². The van der Waals surface area contributed by atoms with Crippen LogP contribution in [0.25, 0.3) is 225 Å². The molecule has 0 atom stereocenters. The van der Waals surface area contributed by atoms with Crippen LogP contribution in [-0.2, 0) is 0 Å². The summed E-state index contributed by atoms with van der Waals surface area (Å²) in [6.07, 6.45) is 0. The smallest absolute Gasteiger partial charge is 0.0652 e. The second-order valence-corrected chi connectivity index (χ2v) is 26.8. The van der Waals surface area contributed by atoms with E-state index in [-0.39, 0.29) is 196 Å². The third-order valence-corrected chi connectivity index (χ3v) is 21.0. The Hall–Kier alpha value is -14.7. The van der Waals surface area contributed by atoms with Crippen LogP contribution in [0.1, 0.15) is 81.6 Å². The summed E-state index contributed by atoms with van der Waals surface area (Å²) in [5, 5.41) is -4.82. The van der Waals surface area contributed by atoms with E-state index in [0.29, 0.717) is 5.69 Å². The maximum atomic E-state index is 10.3. The summed E-state index contributed by atoms with van der Waals surface area (Å²) in [6.45, 7) is 2.91. The molecule has 524 valence electrons. The summed E-state index contributed by atoms with van der Waals surface area (Å²) in [7, 11) is 0. The third-order valence-electron chi connectivity index (χ3n) is 21.0. The zero-order valence-corrected chi connectivity index (χ0v) is 57.1. The monoisotopic (exact) mass is 1470 g/mol. The quantitative estimate of drug-likeness (QED) is 0.159. The molecule has 112 heavy (non-hydrogen) atoms. The maximum absolute atomic E-state index is 10.3. The molecule has 9 aromatic heterocycles. The Morgan fingerprint density at radius 2 is 0.509 bits per heavy atom. The number of benzene rings is 17. The van der Waals surface area contributed by atoms with Crippen molar-refractivity contribution in [3.63, 3.8) is 0 Å². The largest absolute Gasteiger partial charge is 0.309 e. The van der Waals surface area contributed by atoms with E-state index in [1.807, 2.05) is 36.4 Å². The Kier molecular flexibility index (Phi) is 6.76. The van der Waals surface area contributed by atoms with Gasteiger partial charge in [0.2, 0.25) is 0 Å². The van der Waals surface area contributed by atoms with Gasteiger partial charge in [0.05, 0.1) is 151 Å². The van der Waals surface area contributed by atoms with Crippen LogP contribution in [0.4, 0.5) is 0 Å². The molecule has 0 amide bonds. The molecule has 0 saturated heterocycles. The standard InChI is InChI=1S/C55H34N4.C49H31N3.CH4/c1-33-26-28-48-43(30-33)38-15-3-5-20-45(38)56(48)34-12-8-13-35(31-34)57-46-21-6-4-16-39(46)44-32-36(27-29-49(44)57)58-50-23-10-17-40-42-19-9-18-41-37-14-2-7-22-47(37)59(55(41)42)52-25-11-24-51(58)54(52)53(40)50;1-30-23-25-42-39(27-30)40-29-34(24-26-43(40)50(42)33-14-7-13-32(28-33)31-11-3-2-4-12-31)51-44-20-9-16-36-38-18-8-17-37-35-15-5-6-19-41(35)52(49(37)38)46-22-10-21-45(51)48(46)47(36)44;/h2-32H,1H3;2-29H,1H3;1H4/i2D,3D,4D,5D,6D,7D,9D,10D,11D,14D,15D,16D,17D,18D,19D,20D,21D,22D,23D,24D,25D,26D,27D,28D,29D,30D,32D;5D,6D,8D,9D,10D,15D,16D,17D,18D,19D,20D,21D,22D,23D,24D,25D,26D,27D,29D;. The average Bonchev–Trinajstić information content (AvgIpc) is 1.49. The van der Waals surface area contributed by atoms with Crippen molar-refractivity contribution in [3.05, 3.63) is 368 Å².